The molecule has 0 saturated heterocycles. The van der Waals surface area contributed by atoms with Crippen LogP contribution in [0.15, 0.2) is 24.3 Å². The lowest BCUT2D eigenvalue weighted by molar-refractivity contribution is -0.120. The van der Waals surface area contributed by atoms with Crippen LogP contribution in [0, 0.1) is 0 Å². The number of hydrogen-bond acceptors (Lipinski definition) is 3. The van der Waals surface area contributed by atoms with Crippen molar-refractivity contribution in [1.82, 2.24) is 5.32 Å². The van der Waals surface area contributed by atoms with Crippen molar-refractivity contribution in [2.24, 2.45) is 5.73 Å². The Balaban J connectivity index is 2.06. The minimum atomic E-state index is -0.473. The van der Waals surface area contributed by atoms with Crippen molar-refractivity contribution < 1.29 is 9.59 Å². The van der Waals surface area contributed by atoms with Gasteiger partial charge in [-0.25, -0.2) is 0 Å². The van der Waals surface area contributed by atoms with E-state index in [4.69, 9.17) is 5.73 Å². The highest BCUT2D eigenvalue weighted by Crippen LogP contribution is 2.22. The average Bonchev–Trinajstić information content (AvgIpc) is 2.46. The monoisotopic (exact) mass is 289 g/mol. The van der Waals surface area contributed by atoms with Crippen molar-refractivity contribution in [3.63, 3.8) is 0 Å². The lowest BCUT2D eigenvalue weighted by atomic mass is 9.94. The van der Waals surface area contributed by atoms with E-state index in [-0.39, 0.29) is 11.8 Å². The van der Waals surface area contributed by atoms with Gasteiger partial charge in [0, 0.05) is 18.7 Å². The fourth-order valence-corrected chi connectivity index (χ4v) is 2.81. The molecule has 0 aromatic heterocycles. The summed E-state index contributed by atoms with van der Waals surface area (Å²) in [5, 5.41) is 6.08. The number of amides is 2. The van der Waals surface area contributed by atoms with Gasteiger partial charge in [-0.1, -0.05) is 31.4 Å². The molecule has 2 rings (SSSR count). The van der Waals surface area contributed by atoms with Crippen molar-refractivity contribution in [1.29, 1.82) is 0 Å². The normalized spacial score (nSPS) is 17.2. The van der Waals surface area contributed by atoms with Crippen LogP contribution >= 0.6 is 0 Å². The third-order valence-electron chi connectivity index (χ3n) is 3.86. The van der Waals surface area contributed by atoms with E-state index >= 15 is 0 Å². The number of nitrogens with one attached hydrogen (secondary N) is 2. The smallest absolute Gasteiger partial charge is 0.239 e. The van der Waals surface area contributed by atoms with E-state index in [0.717, 1.165) is 18.4 Å². The molecule has 0 spiro atoms. The lowest BCUT2D eigenvalue weighted by Gasteiger charge is -2.27. The first-order valence-electron chi connectivity index (χ1n) is 7.49. The molecule has 0 aliphatic heterocycles. The highest BCUT2D eigenvalue weighted by Gasteiger charge is 2.23. The summed E-state index contributed by atoms with van der Waals surface area (Å²) in [5.41, 5.74) is 7.08. The fourth-order valence-electron chi connectivity index (χ4n) is 2.81. The molecule has 4 N–H and O–H groups in total. The van der Waals surface area contributed by atoms with Gasteiger partial charge >= 0.3 is 0 Å². The number of carbonyl (C=O) groups excluding carboxylic acids is 2. The van der Waals surface area contributed by atoms with Gasteiger partial charge in [-0.2, -0.15) is 0 Å². The summed E-state index contributed by atoms with van der Waals surface area (Å²) in [4.78, 5) is 22.7. The Bertz CT molecular complexity index is 493. The van der Waals surface area contributed by atoms with E-state index in [0.29, 0.717) is 11.7 Å². The third-order valence-corrected chi connectivity index (χ3v) is 3.86. The minimum absolute atomic E-state index is 0.116. The van der Waals surface area contributed by atoms with Gasteiger partial charge in [-0.05, 0) is 30.5 Å². The molecule has 1 aliphatic carbocycles. The molecule has 0 bridgehead atoms. The molecule has 1 aromatic carbocycles. The first-order valence-corrected chi connectivity index (χ1v) is 7.49. The Kier molecular flexibility index (Phi) is 5.33. The van der Waals surface area contributed by atoms with Crippen LogP contribution < -0.4 is 16.4 Å². The number of nitrogens with two attached hydrogens (primary N) is 1. The number of anilines is 1. The molecule has 1 fully saturated rings. The van der Waals surface area contributed by atoms with Crippen LogP contribution in [0.1, 0.15) is 50.6 Å². The Morgan fingerprint density at radius 3 is 2.29 bits per heavy atom. The molecule has 0 radical (unpaired) electrons. The topological polar surface area (TPSA) is 84.2 Å². The molecule has 1 aliphatic rings. The van der Waals surface area contributed by atoms with Crippen LogP contribution in [-0.4, -0.2) is 17.9 Å². The van der Waals surface area contributed by atoms with E-state index in [2.05, 4.69) is 10.6 Å². The second-order valence-electron chi connectivity index (χ2n) is 5.64. The molecule has 1 aromatic rings. The Labute approximate surface area is 125 Å². The summed E-state index contributed by atoms with van der Waals surface area (Å²) in [6.45, 7) is 1.46. The van der Waals surface area contributed by atoms with Crippen LogP contribution in [0.2, 0.25) is 0 Å². The molecule has 5 heteroatoms. The van der Waals surface area contributed by atoms with Crippen LogP contribution in [0.5, 0.6) is 0 Å². The van der Waals surface area contributed by atoms with Crippen LogP contribution in [0.25, 0.3) is 0 Å². The number of primary amides is 1. The van der Waals surface area contributed by atoms with Crippen LogP contribution in [-0.2, 0) is 9.59 Å². The summed E-state index contributed by atoms with van der Waals surface area (Å²) in [5.74, 6) is -0.484. The van der Waals surface area contributed by atoms with Crippen molar-refractivity contribution in [3.8, 4) is 0 Å². The SMILES string of the molecule is CC(=O)Nc1ccc(C(NC2CCCCC2)C(N)=O)cc1. The Hall–Kier alpha value is -1.88. The number of carbonyl (C=O) groups is 2. The molecule has 2 amide bonds. The van der Waals surface area contributed by atoms with Crippen molar-refractivity contribution in [2.45, 2.75) is 51.1 Å². The highest BCUT2D eigenvalue weighted by atomic mass is 16.2. The highest BCUT2D eigenvalue weighted by molar-refractivity contribution is 5.88. The van der Waals surface area contributed by atoms with Crippen molar-refractivity contribution in [3.05, 3.63) is 29.8 Å². The average molecular weight is 289 g/mol. The predicted molar refractivity (Wildman–Crippen MR) is 82.7 cm³/mol. The maximum Gasteiger partial charge on any atom is 0.239 e. The number of benzene rings is 1. The zero-order valence-corrected chi connectivity index (χ0v) is 12.4. The Morgan fingerprint density at radius 2 is 1.76 bits per heavy atom. The number of hydrogen-bond donors (Lipinski definition) is 3. The van der Waals surface area contributed by atoms with Gasteiger partial charge in [-0.15, -0.1) is 0 Å². The fraction of sp³-hybridized carbons (Fsp3) is 0.500. The Morgan fingerprint density at radius 1 is 1.14 bits per heavy atom. The summed E-state index contributed by atoms with van der Waals surface area (Å²) < 4.78 is 0. The standard InChI is InChI=1S/C16H23N3O2/c1-11(20)18-14-9-7-12(8-10-14)15(16(17)21)19-13-5-3-2-4-6-13/h7-10,13,15,19H,2-6H2,1H3,(H2,17,21)(H,18,20). The van der Waals surface area contributed by atoms with Crippen LogP contribution in [0.4, 0.5) is 5.69 Å². The molecule has 21 heavy (non-hydrogen) atoms. The van der Waals surface area contributed by atoms with Gasteiger partial charge in [0.2, 0.25) is 11.8 Å². The molecule has 5 nitrogen and oxygen atoms in total. The second kappa shape index (κ2) is 7.22. The minimum Gasteiger partial charge on any atom is -0.368 e. The quantitative estimate of drug-likeness (QED) is 0.776. The first-order chi connectivity index (χ1) is 10.1. The van der Waals surface area contributed by atoms with Crippen LogP contribution in [0.3, 0.4) is 0 Å². The van der Waals surface area contributed by atoms with Gasteiger partial charge in [0.1, 0.15) is 6.04 Å². The molecule has 114 valence electrons. The van der Waals surface area contributed by atoms with Gasteiger partial charge in [0.15, 0.2) is 0 Å². The summed E-state index contributed by atoms with van der Waals surface area (Å²) >= 11 is 0. The third kappa shape index (κ3) is 4.56. The maximum absolute atomic E-state index is 11.7. The van der Waals surface area contributed by atoms with Gasteiger partial charge < -0.3 is 11.1 Å². The largest absolute Gasteiger partial charge is 0.368 e. The second-order valence-corrected chi connectivity index (χ2v) is 5.64. The molecular weight excluding hydrogens is 266 g/mol. The predicted octanol–water partition coefficient (Wildman–Crippen LogP) is 2.09. The van der Waals surface area contributed by atoms with Gasteiger partial charge in [-0.3, -0.25) is 14.9 Å². The summed E-state index contributed by atoms with van der Waals surface area (Å²) in [7, 11) is 0. The molecular formula is C16H23N3O2. The van der Waals surface area contributed by atoms with E-state index in [9.17, 15) is 9.59 Å². The molecule has 1 atom stereocenters. The van der Waals surface area contributed by atoms with E-state index in [1.54, 1.807) is 12.1 Å². The van der Waals surface area contributed by atoms with E-state index in [1.807, 2.05) is 12.1 Å². The maximum atomic E-state index is 11.7. The molecule has 0 heterocycles. The summed E-state index contributed by atoms with van der Waals surface area (Å²) in [6, 6.07) is 7.11. The zero-order valence-electron chi connectivity index (χ0n) is 12.4. The zero-order chi connectivity index (χ0) is 15.2. The van der Waals surface area contributed by atoms with E-state index in [1.165, 1.54) is 26.2 Å². The van der Waals surface area contributed by atoms with E-state index < -0.39 is 6.04 Å². The first kappa shape index (κ1) is 15.5. The van der Waals surface area contributed by atoms with Crippen molar-refractivity contribution in [2.75, 3.05) is 5.32 Å². The van der Waals surface area contributed by atoms with Gasteiger partial charge in [0.25, 0.3) is 0 Å². The summed E-state index contributed by atoms with van der Waals surface area (Å²) in [6.07, 6.45) is 5.85. The molecule has 1 unspecified atom stereocenters. The van der Waals surface area contributed by atoms with Crippen molar-refractivity contribution >= 4 is 17.5 Å². The molecule has 1 saturated carbocycles. The lowest BCUT2D eigenvalue weighted by Crippen LogP contribution is -2.40. The van der Waals surface area contributed by atoms with Gasteiger partial charge in [0.05, 0.1) is 0 Å². The number of rotatable bonds is 5.